The monoisotopic (exact) mass is 551 g/mol. The first-order valence-corrected chi connectivity index (χ1v) is 12.3. The van der Waals surface area contributed by atoms with Crippen molar-refractivity contribution in [1.29, 1.82) is 0 Å². The van der Waals surface area contributed by atoms with Gasteiger partial charge in [0.25, 0.3) is 0 Å². The van der Waals surface area contributed by atoms with E-state index in [0.717, 1.165) is 35.9 Å². The van der Waals surface area contributed by atoms with Crippen LogP contribution in [0.4, 0.5) is 23.2 Å². The average Bonchev–Trinajstić information content (AvgIpc) is 2.93. The molecule has 0 amide bonds. The number of rotatable bonds is 10. The number of para-hydroxylation sites is 1. The van der Waals surface area contributed by atoms with Gasteiger partial charge in [0.15, 0.2) is 0 Å². The first-order chi connectivity index (χ1) is 19.1. The van der Waals surface area contributed by atoms with Gasteiger partial charge >= 0.3 is 18.1 Å². The molecule has 206 valence electrons. The van der Waals surface area contributed by atoms with E-state index < -0.39 is 35.9 Å². The zero-order valence-electron chi connectivity index (χ0n) is 21.2. The standard InChI is InChI=1S/C31H25F4NO4/c32-27-16-13-23(17-28(37)38)26(30(27)22-11-14-24(15-12-22)31(33,34)35)18-36(25-9-5-2-6-10-25)19-29(39)40-20-21-7-3-1-4-8-21/h1-16H,17-20H2,(H,37,38). The van der Waals surface area contributed by atoms with E-state index >= 15 is 4.39 Å². The van der Waals surface area contributed by atoms with Gasteiger partial charge in [-0.15, -0.1) is 0 Å². The third-order valence-electron chi connectivity index (χ3n) is 6.23. The van der Waals surface area contributed by atoms with Crippen molar-refractivity contribution in [2.45, 2.75) is 25.7 Å². The number of benzene rings is 4. The fraction of sp³-hybridized carbons (Fsp3) is 0.161. The van der Waals surface area contributed by atoms with Crippen molar-refractivity contribution < 1.29 is 37.0 Å². The van der Waals surface area contributed by atoms with Crippen molar-refractivity contribution in [3.8, 4) is 11.1 Å². The molecule has 0 aliphatic rings. The van der Waals surface area contributed by atoms with Gasteiger partial charge in [0.05, 0.1) is 12.0 Å². The second kappa shape index (κ2) is 12.5. The highest BCUT2D eigenvalue weighted by Gasteiger charge is 2.30. The number of carbonyl (C=O) groups excluding carboxylic acids is 1. The number of hydrogen-bond donors (Lipinski definition) is 1. The second-order valence-electron chi connectivity index (χ2n) is 9.04. The van der Waals surface area contributed by atoms with E-state index in [0.29, 0.717) is 5.69 Å². The molecule has 4 aromatic carbocycles. The number of halogens is 4. The predicted molar refractivity (Wildman–Crippen MR) is 142 cm³/mol. The molecular formula is C31H25F4NO4. The van der Waals surface area contributed by atoms with Gasteiger partial charge in [-0.2, -0.15) is 13.2 Å². The number of hydrogen-bond acceptors (Lipinski definition) is 4. The third-order valence-corrected chi connectivity index (χ3v) is 6.23. The van der Waals surface area contributed by atoms with Gasteiger partial charge in [0, 0.05) is 17.8 Å². The number of anilines is 1. The minimum atomic E-state index is -4.57. The molecule has 0 aliphatic carbocycles. The summed E-state index contributed by atoms with van der Waals surface area (Å²) in [6.45, 7) is -0.309. The number of aliphatic carboxylic acids is 1. The first-order valence-electron chi connectivity index (χ1n) is 12.3. The zero-order valence-corrected chi connectivity index (χ0v) is 21.2. The second-order valence-corrected chi connectivity index (χ2v) is 9.04. The Balaban J connectivity index is 1.72. The first kappa shape index (κ1) is 28.4. The number of carbonyl (C=O) groups is 2. The van der Waals surface area contributed by atoms with Crippen molar-refractivity contribution in [3.05, 3.63) is 125 Å². The summed E-state index contributed by atoms with van der Waals surface area (Å²) in [4.78, 5) is 26.1. The molecule has 4 aromatic rings. The van der Waals surface area contributed by atoms with Crippen LogP contribution in [-0.2, 0) is 40.1 Å². The maximum atomic E-state index is 15.3. The van der Waals surface area contributed by atoms with Crippen molar-refractivity contribution in [2.75, 3.05) is 11.4 Å². The Hall–Kier alpha value is -4.66. The topological polar surface area (TPSA) is 66.8 Å². The molecule has 9 heteroatoms. The van der Waals surface area contributed by atoms with Crippen LogP contribution in [-0.4, -0.2) is 23.6 Å². The number of ether oxygens (including phenoxy) is 1. The van der Waals surface area contributed by atoms with Crippen LogP contribution in [0.25, 0.3) is 11.1 Å². The quantitative estimate of drug-likeness (QED) is 0.172. The Labute approximate surface area is 228 Å². The van der Waals surface area contributed by atoms with E-state index in [-0.39, 0.29) is 42.0 Å². The lowest BCUT2D eigenvalue weighted by Crippen LogP contribution is -2.31. The number of nitrogens with zero attached hydrogens (tertiary/aromatic N) is 1. The van der Waals surface area contributed by atoms with Crippen molar-refractivity contribution in [2.24, 2.45) is 0 Å². The molecule has 5 nitrogen and oxygen atoms in total. The summed E-state index contributed by atoms with van der Waals surface area (Å²) < 4.78 is 60.2. The minimum Gasteiger partial charge on any atom is -0.481 e. The molecule has 0 atom stereocenters. The molecule has 0 radical (unpaired) electrons. The summed E-state index contributed by atoms with van der Waals surface area (Å²) in [5.41, 5.74) is 1.10. The van der Waals surface area contributed by atoms with Crippen molar-refractivity contribution in [3.63, 3.8) is 0 Å². The molecule has 0 aliphatic heterocycles. The Morgan fingerprint density at radius 3 is 2.05 bits per heavy atom. The molecule has 40 heavy (non-hydrogen) atoms. The molecule has 1 N–H and O–H groups in total. The molecule has 0 aromatic heterocycles. The molecule has 0 saturated carbocycles. The highest BCUT2D eigenvalue weighted by atomic mass is 19.4. The number of alkyl halides is 3. The third kappa shape index (κ3) is 7.25. The van der Waals surface area contributed by atoms with Crippen molar-refractivity contribution in [1.82, 2.24) is 0 Å². The summed E-state index contributed by atoms with van der Waals surface area (Å²) in [7, 11) is 0. The van der Waals surface area contributed by atoms with Gasteiger partial charge in [-0.25, -0.2) is 4.39 Å². The smallest absolute Gasteiger partial charge is 0.416 e. The molecule has 0 spiro atoms. The van der Waals surface area contributed by atoms with E-state index in [9.17, 15) is 27.9 Å². The molecule has 0 fully saturated rings. The van der Waals surface area contributed by atoms with Gasteiger partial charge in [-0.1, -0.05) is 66.7 Å². The summed E-state index contributed by atoms with van der Waals surface area (Å²) in [5, 5.41) is 9.52. The Morgan fingerprint density at radius 1 is 0.825 bits per heavy atom. The van der Waals surface area contributed by atoms with Crippen LogP contribution < -0.4 is 4.90 Å². The molecule has 0 unspecified atom stereocenters. The lowest BCUT2D eigenvalue weighted by Gasteiger charge is -2.27. The predicted octanol–water partition coefficient (Wildman–Crippen LogP) is 6.89. The minimum absolute atomic E-state index is 0.0361. The number of esters is 1. The maximum absolute atomic E-state index is 15.3. The van der Waals surface area contributed by atoms with E-state index in [1.165, 1.54) is 6.07 Å². The van der Waals surface area contributed by atoms with Crippen LogP contribution in [0.15, 0.2) is 97.1 Å². The Kier molecular flexibility index (Phi) is 8.83. The fourth-order valence-electron chi connectivity index (χ4n) is 4.32. The Morgan fingerprint density at radius 2 is 1.45 bits per heavy atom. The van der Waals surface area contributed by atoms with Crippen LogP contribution in [0.1, 0.15) is 22.3 Å². The van der Waals surface area contributed by atoms with Gasteiger partial charge in [-0.05, 0) is 52.6 Å². The van der Waals surface area contributed by atoms with E-state index in [1.807, 2.05) is 30.3 Å². The van der Waals surface area contributed by atoms with Gasteiger partial charge in [0.2, 0.25) is 0 Å². The van der Waals surface area contributed by atoms with Crippen LogP contribution in [0.2, 0.25) is 0 Å². The van der Waals surface area contributed by atoms with E-state index in [4.69, 9.17) is 4.74 Å². The van der Waals surface area contributed by atoms with E-state index in [1.54, 1.807) is 35.2 Å². The highest BCUT2D eigenvalue weighted by Crippen LogP contribution is 2.35. The lowest BCUT2D eigenvalue weighted by atomic mass is 9.92. The van der Waals surface area contributed by atoms with Crippen LogP contribution >= 0.6 is 0 Å². The van der Waals surface area contributed by atoms with Crippen LogP contribution in [0, 0.1) is 5.82 Å². The summed E-state index contributed by atoms with van der Waals surface area (Å²) in [6.07, 6.45) is -5.03. The number of carboxylic acids is 1. The SMILES string of the molecule is O=C(O)Cc1ccc(F)c(-c2ccc(C(F)(F)F)cc2)c1CN(CC(=O)OCc1ccccc1)c1ccccc1. The highest BCUT2D eigenvalue weighted by molar-refractivity contribution is 5.78. The number of carboxylic acid groups (broad SMARTS) is 1. The molecule has 0 bridgehead atoms. The fourth-order valence-corrected chi connectivity index (χ4v) is 4.32. The van der Waals surface area contributed by atoms with Crippen LogP contribution in [0.3, 0.4) is 0 Å². The molecule has 0 saturated heterocycles. The molecule has 0 heterocycles. The summed E-state index contributed by atoms with van der Waals surface area (Å²) >= 11 is 0. The van der Waals surface area contributed by atoms with Gasteiger partial charge in [-0.3, -0.25) is 9.59 Å². The maximum Gasteiger partial charge on any atom is 0.416 e. The molecular weight excluding hydrogens is 526 g/mol. The molecule has 4 rings (SSSR count). The van der Waals surface area contributed by atoms with Gasteiger partial charge < -0.3 is 14.7 Å². The van der Waals surface area contributed by atoms with Crippen molar-refractivity contribution >= 4 is 17.6 Å². The zero-order chi connectivity index (χ0) is 28.7. The normalized spacial score (nSPS) is 11.2. The largest absolute Gasteiger partial charge is 0.481 e. The van der Waals surface area contributed by atoms with E-state index in [2.05, 4.69) is 0 Å². The summed E-state index contributed by atoms with van der Waals surface area (Å²) in [5.74, 6) is -2.47. The average molecular weight is 552 g/mol. The van der Waals surface area contributed by atoms with Gasteiger partial charge in [0.1, 0.15) is 19.0 Å². The summed E-state index contributed by atoms with van der Waals surface area (Å²) in [6, 6.07) is 24.3. The Bertz CT molecular complexity index is 1460. The van der Waals surface area contributed by atoms with Crippen LogP contribution in [0.5, 0.6) is 0 Å². The lowest BCUT2D eigenvalue weighted by molar-refractivity contribution is -0.143.